The van der Waals surface area contributed by atoms with Gasteiger partial charge in [-0.15, -0.1) is 0 Å². The van der Waals surface area contributed by atoms with Gasteiger partial charge in [0, 0.05) is 6.42 Å². The molecule has 0 heterocycles. The van der Waals surface area contributed by atoms with Gasteiger partial charge in [-0.3, -0.25) is 0 Å². The van der Waals surface area contributed by atoms with Crippen molar-refractivity contribution in [3.63, 3.8) is 0 Å². The highest BCUT2D eigenvalue weighted by molar-refractivity contribution is 5.80. The summed E-state index contributed by atoms with van der Waals surface area (Å²) in [5.74, 6) is 1.00. The second kappa shape index (κ2) is 6.00. The van der Waals surface area contributed by atoms with Crippen LogP contribution in [0.3, 0.4) is 0 Å². The Balaban J connectivity index is 2.59. The summed E-state index contributed by atoms with van der Waals surface area (Å²) in [5.41, 5.74) is 6.64. The van der Waals surface area contributed by atoms with E-state index in [1.165, 1.54) is 5.56 Å². The number of benzene rings is 1. The van der Waals surface area contributed by atoms with Gasteiger partial charge in [-0.25, -0.2) is 0 Å². The zero-order valence-electron chi connectivity index (χ0n) is 9.68. The summed E-state index contributed by atoms with van der Waals surface area (Å²) in [6.07, 6.45) is 1.18. The first-order valence-corrected chi connectivity index (χ1v) is 5.35. The molecule has 0 bridgehead atoms. The van der Waals surface area contributed by atoms with E-state index in [2.05, 4.69) is 5.16 Å². The Labute approximate surface area is 95.7 Å². The van der Waals surface area contributed by atoms with Gasteiger partial charge in [0.15, 0.2) is 0 Å². The zero-order valence-corrected chi connectivity index (χ0v) is 9.68. The maximum atomic E-state index is 8.49. The Hall–Kier alpha value is -1.71. The van der Waals surface area contributed by atoms with E-state index in [0.717, 1.165) is 12.2 Å². The molecule has 1 aromatic rings. The van der Waals surface area contributed by atoms with Crippen LogP contribution in [0.1, 0.15) is 25.3 Å². The van der Waals surface area contributed by atoms with E-state index in [0.29, 0.717) is 6.42 Å². The van der Waals surface area contributed by atoms with Crippen LogP contribution in [0.4, 0.5) is 0 Å². The molecule has 0 aliphatic carbocycles. The van der Waals surface area contributed by atoms with Gasteiger partial charge in [0.1, 0.15) is 17.7 Å². The summed E-state index contributed by atoms with van der Waals surface area (Å²) >= 11 is 0. The third-order valence-electron chi connectivity index (χ3n) is 2.34. The van der Waals surface area contributed by atoms with Crippen molar-refractivity contribution in [1.29, 1.82) is 0 Å². The van der Waals surface area contributed by atoms with Crippen LogP contribution in [0.2, 0.25) is 0 Å². The van der Waals surface area contributed by atoms with Crippen molar-refractivity contribution < 1.29 is 9.94 Å². The molecule has 88 valence electrons. The van der Waals surface area contributed by atoms with Crippen LogP contribution in [-0.2, 0) is 0 Å². The normalized spacial score (nSPS) is 13.5. The van der Waals surface area contributed by atoms with Gasteiger partial charge in [0.05, 0.1) is 0 Å². The fourth-order valence-electron chi connectivity index (χ4n) is 1.35. The molecule has 0 aliphatic rings. The molecule has 0 spiro atoms. The van der Waals surface area contributed by atoms with Gasteiger partial charge in [-0.1, -0.05) is 29.8 Å². The number of ether oxygens (including phenoxy) is 1. The molecule has 0 radical (unpaired) electrons. The Morgan fingerprint density at radius 2 is 2.06 bits per heavy atom. The highest BCUT2D eigenvalue weighted by atomic mass is 16.5. The summed E-state index contributed by atoms with van der Waals surface area (Å²) in [5, 5.41) is 11.4. The standard InChI is InChI=1S/C12H18N2O2/c1-3-10(8-12(13)14-15)16-11-6-4-9(2)5-7-11/h4-7,10,15H,3,8H2,1-2H3,(H2,13,14). The molecule has 16 heavy (non-hydrogen) atoms. The van der Waals surface area contributed by atoms with Gasteiger partial charge in [0.25, 0.3) is 0 Å². The number of hydrogen-bond donors (Lipinski definition) is 2. The van der Waals surface area contributed by atoms with Crippen LogP contribution in [0, 0.1) is 6.92 Å². The number of rotatable bonds is 5. The lowest BCUT2D eigenvalue weighted by atomic mass is 10.2. The largest absolute Gasteiger partial charge is 0.490 e. The summed E-state index contributed by atoms with van der Waals surface area (Å²) in [4.78, 5) is 0. The van der Waals surface area contributed by atoms with Crippen LogP contribution in [0.15, 0.2) is 29.4 Å². The van der Waals surface area contributed by atoms with Crippen molar-refractivity contribution in [3.05, 3.63) is 29.8 Å². The number of aryl methyl sites for hydroxylation is 1. The molecule has 0 aliphatic heterocycles. The molecule has 0 aromatic heterocycles. The molecular weight excluding hydrogens is 204 g/mol. The Bertz CT molecular complexity index is 347. The van der Waals surface area contributed by atoms with Crippen molar-refractivity contribution in [2.75, 3.05) is 0 Å². The van der Waals surface area contributed by atoms with Crippen LogP contribution >= 0.6 is 0 Å². The highest BCUT2D eigenvalue weighted by Crippen LogP contribution is 2.15. The predicted molar refractivity (Wildman–Crippen MR) is 63.9 cm³/mol. The van der Waals surface area contributed by atoms with Gasteiger partial charge >= 0.3 is 0 Å². The van der Waals surface area contributed by atoms with Crippen LogP contribution < -0.4 is 10.5 Å². The van der Waals surface area contributed by atoms with Crippen molar-refractivity contribution in [1.82, 2.24) is 0 Å². The second-order valence-corrected chi connectivity index (χ2v) is 3.76. The maximum Gasteiger partial charge on any atom is 0.142 e. The minimum absolute atomic E-state index is 0.0568. The van der Waals surface area contributed by atoms with Gasteiger partial charge < -0.3 is 15.7 Å². The molecule has 0 saturated carbocycles. The summed E-state index contributed by atoms with van der Waals surface area (Å²) < 4.78 is 5.72. The molecule has 4 nitrogen and oxygen atoms in total. The van der Waals surface area contributed by atoms with Crippen molar-refractivity contribution in [2.24, 2.45) is 10.9 Å². The molecule has 1 atom stereocenters. The smallest absolute Gasteiger partial charge is 0.142 e. The molecule has 0 saturated heterocycles. The highest BCUT2D eigenvalue weighted by Gasteiger charge is 2.10. The zero-order chi connectivity index (χ0) is 12.0. The molecule has 1 unspecified atom stereocenters. The lowest BCUT2D eigenvalue weighted by Gasteiger charge is -2.16. The summed E-state index contributed by atoms with van der Waals surface area (Å²) in [7, 11) is 0. The Morgan fingerprint density at radius 1 is 1.44 bits per heavy atom. The van der Waals surface area contributed by atoms with E-state index in [9.17, 15) is 0 Å². The molecule has 0 amide bonds. The fourth-order valence-corrected chi connectivity index (χ4v) is 1.35. The van der Waals surface area contributed by atoms with Crippen molar-refractivity contribution in [2.45, 2.75) is 32.8 Å². The van der Waals surface area contributed by atoms with E-state index < -0.39 is 0 Å². The molecule has 3 N–H and O–H groups in total. The first kappa shape index (κ1) is 12.4. The SMILES string of the molecule is CCC(C/C(N)=N/O)Oc1ccc(C)cc1. The lowest BCUT2D eigenvalue weighted by molar-refractivity contribution is 0.202. The number of amidine groups is 1. The summed E-state index contributed by atoms with van der Waals surface area (Å²) in [6, 6.07) is 7.83. The maximum absolute atomic E-state index is 8.49. The molecule has 1 rings (SSSR count). The molecule has 0 fully saturated rings. The Kier molecular flexibility index (Phi) is 4.64. The van der Waals surface area contributed by atoms with Crippen LogP contribution in [0.25, 0.3) is 0 Å². The first-order valence-electron chi connectivity index (χ1n) is 5.35. The summed E-state index contributed by atoms with van der Waals surface area (Å²) in [6.45, 7) is 4.03. The average Bonchev–Trinajstić information content (AvgIpc) is 2.30. The lowest BCUT2D eigenvalue weighted by Crippen LogP contribution is -2.24. The number of nitrogens with zero attached hydrogens (tertiary/aromatic N) is 1. The monoisotopic (exact) mass is 222 g/mol. The molecule has 1 aromatic carbocycles. The van der Waals surface area contributed by atoms with Crippen LogP contribution in [0.5, 0.6) is 5.75 Å². The van der Waals surface area contributed by atoms with Crippen LogP contribution in [-0.4, -0.2) is 17.1 Å². The number of nitrogens with two attached hydrogens (primary N) is 1. The minimum Gasteiger partial charge on any atom is -0.490 e. The molecular formula is C12H18N2O2. The number of hydrogen-bond acceptors (Lipinski definition) is 3. The van der Waals surface area contributed by atoms with E-state index in [-0.39, 0.29) is 11.9 Å². The van der Waals surface area contributed by atoms with Crippen molar-refractivity contribution in [3.8, 4) is 5.75 Å². The first-order chi connectivity index (χ1) is 7.65. The van der Waals surface area contributed by atoms with E-state index in [1.807, 2.05) is 38.1 Å². The Morgan fingerprint density at radius 3 is 2.56 bits per heavy atom. The second-order valence-electron chi connectivity index (χ2n) is 3.76. The molecule has 4 heteroatoms. The minimum atomic E-state index is -0.0568. The number of oxime groups is 1. The third-order valence-corrected chi connectivity index (χ3v) is 2.34. The van der Waals surface area contributed by atoms with Crippen molar-refractivity contribution >= 4 is 5.84 Å². The third kappa shape index (κ3) is 3.81. The van der Waals surface area contributed by atoms with Gasteiger partial charge in [-0.05, 0) is 25.5 Å². The quantitative estimate of drug-likeness (QED) is 0.347. The topological polar surface area (TPSA) is 67.8 Å². The van der Waals surface area contributed by atoms with Gasteiger partial charge in [0.2, 0.25) is 0 Å². The van der Waals surface area contributed by atoms with Gasteiger partial charge in [-0.2, -0.15) is 0 Å². The van der Waals surface area contributed by atoms with E-state index >= 15 is 0 Å². The van der Waals surface area contributed by atoms with E-state index in [4.69, 9.17) is 15.7 Å². The fraction of sp³-hybridized carbons (Fsp3) is 0.417. The van der Waals surface area contributed by atoms with E-state index in [1.54, 1.807) is 0 Å². The predicted octanol–water partition coefficient (Wildman–Crippen LogP) is 2.29. The average molecular weight is 222 g/mol.